The number of primary amides is 1. The Bertz CT molecular complexity index is 527. The van der Waals surface area contributed by atoms with Crippen molar-refractivity contribution in [3.63, 3.8) is 0 Å². The van der Waals surface area contributed by atoms with Crippen LogP contribution in [0.5, 0.6) is 0 Å². The molecule has 0 radical (unpaired) electrons. The Morgan fingerprint density at radius 3 is 3.05 bits per heavy atom. The highest BCUT2D eigenvalue weighted by Gasteiger charge is 2.24. The summed E-state index contributed by atoms with van der Waals surface area (Å²) in [7, 11) is 0. The van der Waals surface area contributed by atoms with E-state index >= 15 is 0 Å². The zero-order chi connectivity index (χ0) is 13.8. The largest absolute Gasteiger partial charge is 0.367 e. The van der Waals surface area contributed by atoms with Crippen molar-refractivity contribution in [3.8, 4) is 6.07 Å². The molecule has 1 aromatic carbocycles. The Kier molecular flexibility index (Phi) is 4.38. The fraction of sp³-hybridized carbons (Fsp3) is 0.385. The van der Waals surface area contributed by atoms with Crippen LogP contribution >= 0.6 is 11.6 Å². The summed E-state index contributed by atoms with van der Waals surface area (Å²) in [4.78, 5) is 13.2. The van der Waals surface area contributed by atoms with Crippen molar-refractivity contribution < 1.29 is 9.53 Å². The van der Waals surface area contributed by atoms with Crippen LogP contribution in [0.1, 0.15) is 11.1 Å². The quantitative estimate of drug-likeness (QED) is 0.891. The lowest BCUT2D eigenvalue weighted by Gasteiger charge is -2.31. The first-order valence-electron chi connectivity index (χ1n) is 5.92. The fourth-order valence-electron chi connectivity index (χ4n) is 2.00. The Morgan fingerprint density at radius 2 is 2.42 bits per heavy atom. The van der Waals surface area contributed by atoms with E-state index in [0.717, 1.165) is 12.1 Å². The Morgan fingerprint density at radius 1 is 1.63 bits per heavy atom. The van der Waals surface area contributed by atoms with Crippen LogP contribution in [-0.2, 0) is 16.1 Å². The third-order valence-corrected chi connectivity index (χ3v) is 3.40. The minimum atomic E-state index is -0.564. The van der Waals surface area contributed by atoms with Gasteiger partial charge in [-0.15, -0.1) is 0 Å². The number of carbonyl (C=O) groups excluding carboxylic acids is 1. The molecule has 2 N–H and O–H groups in total. The highest BCUT2D eigenvalue weighted by Crippen LogP contribution is 2.20. The summed E-state index contributed by atoms with van der Waals surface area (Å²) < 4.78 is 5.28. The minimum absolute atomic E-state index is 0.448. The minimum Gasteiger partial charge on any atom is -0.367 e. The van der Waals surface area contributed by atoms with Crippen molar-refractivity contribution in [1.29, 1.82) is 5.26 Å². The van der Waals surface area contributed by atoms with Crippen LogP contribution in [0, 0.1) is 11.3 Å². The molecule has 0 spiro atoms. The van der Waals surface area contributed by atoms with E-state index in [1.807, 2.05) is 12.1 Å². The number of rotatable bonds is 3. The second-order valence-corrected chi connectivity index (χ2v) is 4.82. The van der Waals surface area contributed by atoms with Gasteiger partial charge in [0.15, 0.2) is 0 Å². The van der Waals surface area contributed by atoms with Crippen molar-refractivity contribution >= 4 is 17.5 Å². The molecular formula is C13H14ClN3O2. The summed E-state index contributed by atoms with van der Waals surface area (Å²) in [6, 6.07) is 7.24. The van der Waals surface area contributed by atoms with Crippen molar-refractivity contribution in [1.82, 2.24) is 4.90 Å². The summed E-state index contributed by atoms with van der Waals surface area (Å²) in [6.07, 6.45) is -0.564. The van der Waals surface area contributed by atoms with Gasteiger partial charge in [-0.1, -0.05) is 17.7 Å². The number of halogens is 1. The zero-order valence-corrected chi connectivity index (χ0v) is 11.1. The Labute approximate surface area is 116 Å². The van der Waals surface area contributed by atoms with E-state index in [-0.39, 0.29) is 0 Å². The van der Waals surface area contributed by atoms with Gasteiger partial charge in [0.2, 0.25) is 5.91 Å². The summed E-state index contributed by atoms with van der Waals surface area (Å²) in [6.45, 7) is 2.27. The van der Waals surface area contributed by atoms with E-state index < -0.39 is 12.0 Å². The molecule has 19 heavy (non-hydrogen) atoms. The van der Waals surface area contributed by atoms with Gasteiger partial charge >= 0.3 is 0 Å². The Balaban J connectivity index is 2.05. The molecule has 100 valence electrons. The lowest BCUT2D eigenvalue weighted by molar-refractivity contribution is -0.135. The number of carbonyl (C=O) groups is 1. The van der Waals surface area contributed by atoms with Gasteiger partial charge < -0.3 is 10.5 Å². The molecule has 6 heteroatoms. The Hall–Kier alpha value is -1.61. The second kappa shape index (κ2) is 6.02. The molecule has 1 heterocycles. The van der Waals surface area contributed by atoms with Crippen LogP contribution < -0.4 is 5.73 Å². The van der Waals surface area contributed by atoms with Crippen LogP contribution in [0.2, 0.25) is 5.02 Å². The number of hydrogen-bond donors (Lipinski definition) is 1. The maximum Gasteiger partial charge on any atom is 0.247 e. The number of ether oxygens (including phenoxy) is 1. The van der Waals surface area contributed by atoms with Crippen molar-refractivity contribution in [2.75, 3.05) is 19.7 Å². The number of hydrogen-bond acceptors (Lipinski definition) is 4. The van der Waals surface area contributed by atoms with Crippen LogP contribution in [0.4, 0.5) is 0 Å². The summed E-state index contributed by atoms with van der Waals surface area (Å²) in [5.74, 6) is -0.448. The van der Waals surface area contributed by atoms with E-state index in [1.165, 1.54) is 0 Å². The lowest BCUT2D eigenvalue weighted by Crippen LogP contribution is -2.47. The molecule has 0 aliphatic carbocycles. The average molecular weight is 280 g/mol. The average Bonchev–Trinajstić information content (AvgIpc) is 2.41. The van der Waals surface area contributed by atoms with Crippen LogP contribution in [0.15, 0.2) is 18.2 Å². The molecule has 1 saturated heterocycles. The predicted octanol–water partition coefficient (Wildman–Crippen LogP) is 0.898. The van der Waals surface area contributed by atoms with E-state index in [9.17, 15) is 4.79 Å². The van der Waals surface area contributed by atoms with E-state index in [0.29, 0.717) is 30.3 Å². The van der Waals surface area contributed by atoms with Crippen molar-refractivity contribution in [2.45, 2.75) is 12.6 Å². The van der Waals surface area contributed by atoms with E-state index in [2.05, 4.69) is 4.90 Å². The molecule has 1 atom stereocenters. The molecule has 5 nitrogen and oxygen atoms in total. The molecule has 1 aromatic rings. The van der Waals surface area contributed by atoms with E-state index in [1.54, 1.807) is 12.1 Å². The number of nitrogens with two attached hydrogens (primary N) is 1. The van der Waals surface area contributed by atoms with Crippen molar-refractivity contribution in [3.05, 3.63) is 34.3 Å². The van der Waals surface area contributed by atoms with Gasteiger partial charge in [0.25, 0.3) is 0 Å². The maximum atomic E-state index is 11.1. The number of morpholine rings is 1. The molecule has 0 bridgehead atoms. The first-order chi connectivity index (χ1) is 9.10. The SMILES string of the molecule is N#Cc1ccc(CN2CCO[C@@H](C(N)=O)C2)c(Cl)c1. The van der Waals surface area contributed by atoms with Gasteiger partial charge in [-0.2, -0.15) is 5.26 Å². The van der Waals surface area contributed by atoms with Crippen molar-refractivity contribution in [2.24, 2.45) is 5.73 Å². The zero-order valence-electron chi connectivity index (χ0n) is 10.3. The summed E-state index contributed by atoms with van der Waals surface area (Å²) in [5.41, 5.74) is 6.69. The number of nitriles is 1. The molecule has 1 aliphatic heterocycles. The standard InChI is InChI=1S/C13H14ClN3O2/c14-11-5-9(6-15)1-2-10(11)7-17-3-4-19-12(8-17)13(16)18/h1-2,5,12H,3-4,7-8H2,(H2,16,18)/t12-/m1/s1. The highest BCUT2D eigenvalue weighted by atomic mass is 35.5. The molecule has 0 unspecified atom stereocenters. The topological polar surface area (TPSA) is 79.3 Å². The van der Waals surface area contributed by atoms with Crippen LogP contribution in [-0.4, -0.2) is 36.6 Å². The fourth-order valence-corrected chi connectivity index (χ4v) is 2.24. The lowest BCUT2D eigenvalue weighted by atomic mass is 10.1. The summed E-state index contributed by atoms with van der Waals surface area (Å²) in [5, 5.41) is 9.34. The van der Waals surface area contributed by atoms with Crippen LogP contribution in [0.3, 0.4) is 0 Å². The third-order valence-electron chi connectivity index (χ3n) is 3.04. The summed E-state index contributed by atoms with van der Waals surface area (Å²) >= 11 is 6.13. The first kappa shape index (κ1) is 13.8. The smallest absolute Gasteiger partial charge is 0.247 e. The number of nitrogens with zero attached hydrogens (tertiary/aromatic N) is 2. The van der Waals surface area contributed by atoms with Gasteiger partial charge in [-0.3, -0.25) is 9.69 Å². The molecule has 2 rings (SSSR count). The molecule has 0 aromatic heterocycles. The van der Waals surface area contributed by atoms with Gasteiger partial charge in [-0.25, -0.2) is 0 Å². The predicted molar refractivity (Wildman–Crippen MR) is 70.4 cm³/mol. The molecule has 1 amide bonds. The molecule has 1 aliphatic rings. The van der Waals surface area contributed by atoms with Gasteiger partial charge in [0.1, 0.15) is 6.10 Å². The molecule has 1 fully saturated rings. The number of amides is 1. The highest BCUT2D eigenvalue weighted by molar-refractivity contribution is 6.31. The normalized spacial score (nSPS) is 19.9. The maximum absolute atomic E-state index is 11.1. The monoisotopic (exact) mass is 279 g/mol. The van der Waals surface area contributed by atoms with Crippen LogP contribution in [0.25, 0.3) is 0 Å². The molecular weight excluding hydrogens is 266 g/mol. The van der Waals surface area contributed by atoms with Gasteiger partial charge in [0.05, 0.1) is 18.2 Å². The first-order valence-corrected chi connectivity index (χ1v) is 6.29. The van der Waals surface area contributed by atoms with Gasteiger partial charge in [0, 0.05) is 24.7 Å². The number of benzene rings is 1. The molecule has 0 saturated carbocycles. The second-order valence-electron chi connectivity index (χ2n) is 4.41. The third kappa shape index (κ3) is 3.44. The van der Waals surface area contributed by atoms with Gasteiger partial charge in [-0.05, 0) is 17.7 Å². The van der Waals surface area contributed by atoms with E-state index in [4.69, 9.17) is 27.3 Å².